The topological polar surface area (TPSA) is 75.5 Å². The highest BCUT2D eigenvalue weighted by atomic mass is 16.3. The van der Waals surface area contributed by atoms with Gasteiger partial charge in [0.2, 0.25) is 0 Å². The Kier molecular flexibility index (Phi) is 3.66. The molecule has 1 aromatic carbocycles. The number of nitrogens with two attached hydrogens (primary N) is 2. The van der Waals surface area contributed by atoms with Crippen molar-refractivity contribution in [2.45, 2.75) is 31.5 Å². The molecule has 0 saturated carbocycles. The number of hydrogen-bond acceptors (Lipinski definition) is 4. The highest BCUT2D eigenvalue weighted by molar-refractivity contribution is 5.40. The molecule has 4 heteroatoms. The summed E-state index contributed by atoms with van der Waals surface area (Å²) in [5.74, 6) is 0.237. The molecule has 0 amide bonds. The van der Waals surface area contributed by atoms with Gasteiger partial charge in [-0.05, 0) is 24.1 Å². The van der Waals surface area contributed by atoms with Gasteiger partial charge >= 0.3 is 0 Å². The highest BCUT2D eigenvalue weighted by Gasteiger charge is 2.28. The lowest BCUT2D eigenvalue weighted by Crippen LogP contribution is -2.44. The Morgan fingerprint density at radius 3 is 2.53 bits per heavy atom. The van der Waals surface area contributed by atoms with Gasteiger partial charge in [0.25, 0.3) is 0 Å². The van der Waals surface area contributed by atoms with Crippen molar-refractivity contribution in [2.24, 2.45) is 5.73 Å². The van der Waals surface area contributed by atoms with E-state index in [0.29, 0.717) is 6.54 Å². The van der Waals surface area contributed by atoms with Gasteiger partial charge in [0.1, 0.15) is 0 Å². The molecule has 0 radical (unpaired) electrons. The second-order valence-electron chi connectivity index (χ2n) is 4.88. The van der Waals surface area contributed by atoms with Gasteiger partial charge in [0.05, 0.1) is 12.3 Å². The van der Waals surface area contributed by atoms with Crippen LogP contribution in [0, 0.1) is 0 Å². The highest BCUT2D eigenvalue weighted by Crippen LogP contribution is 2.23. The SMILES string of the molecule is C[C@@H](c1ccc(N)cc1)C(N)N1CC[C@H](O)C1. The maximum absolute atomic E-state index is 9.52. The van der Waals surface area contributed by atoms with Crippen molar-refractivity contribution >= 4 is 5.69 Å². The van der Waals surface area contributed by atoms with Crippen LogP contribution in [0.2, 0.25) is 0 Å². The third kappa shape index (κ3) is 2.77. The number of hydrogen-bond donors (Lipinski definition) is 3. The van der Waals surface area contributed by atoms with Crippen LogP contribution in [0.4, 0.5) is 5.69 Å². The van der Waals surface area contributed by atoms with E-state index in [4.69, 9.17) is 11.5 Å². The second-order valence-corrected chi connectivity index (χ2v) is 4.88. The first kappa shape index (κ1) is 12.4. The average Bonchev–Trinajstić information content (AvgIpc) is 2.75. The van der Waals surface area contributed by atoms with E-state index < -0.39 is 0 Å². The van der Waals surface area contributed by atoms with Crippen molar-refractivity contribution in [1.29, 1.82) is 0 Å². The summed E-state index contributed by atoms with van der Waals surface area (Å²) in [4.78, 5) is 2.14. The number of aliphatic hydroxyl groups is 1. The molecule has 0 aromatic heterocycles. The van der Waals surface area contributed by atoms with E-state index in [0.717, 1.165) is 18.7 Å². The normalized spacial score (nSPS) is 24.8. The number of nitrogen functional groups attached to an aromatic ring is 1. The molecule has 1 fully saturated rings. The maximum Gasteiger partial charge on any atom is 0.0679 e. The van der Waals surface area contributed by atoms with Crippen molar-refractivity contribution < 1.29 is 5.11 Å². The molecule has 0 bridgehead atoms. The van der Waals surface area contributed by atoms with Crippen LogP contribution in [0.15, 0.2) is 24.3 Å². The quantitative estimate of drug-likeness (QED) is 0.675. The molecule has 1 saturated heterocycles. The van der Waals surface area contributed by atoms with Gasteiger partial charge < -0.3 is 16.6 Å². The number of aliphatic hydroxyl groups excluding tert-OH is 1. The van der Waals surface area contributed by atoms with Crippen molar-refractivity contribution in [3.8, 4) is 0 Å². The Morgan fingerprint density at radius 1 is 1.35 bits per heavy atom. The molecule has 0 aliphatic carbocycles. The van der Waals surface area contributed by atoms with Crippen LogP contribution in [0.5, 0.6) is 0 Å². The number of likely N-dealkylation sites (tertiary alicyclic amines) is 1. The minimum atomic E-state index is -0.223. The first-order chi connectivity index (χ1) is 8.08. The van der Waals surface area contributed by atoms with Crippen LogP contribution in [0.25, 0.3) is 0 Å². The number of nitrogens with zero attached hydrogens (tertiary/aromatic N) is 1. The molecule has 1 aliphatic rings. The van der Waals surface area contributed by atoms with Crippen LogP contribution >= 0.6 is 0 Å². The summed E-state index contributed by atoms with van der Waals surface area (Å²) >= 11 is 0. The minimum Gasteiger partial charge on any atom is -0.399 e. The number of rotatable bonds is 3. The number of anilines is 1. The first-order valence-electron chi connectivity index (χ1n) is 6.11. The summed E-state index contributed by atoms with van der Waals surface area (Å²) in [6.45, 7) is 3.67. The van der Waals surface area contributed by atoms with E-state index in [1.807, 2.05) is 24.3 Å². The maximum atomic E-state index is 9.52. The summed E-state index contributed by atoms with van der Waals surface area (Å²) < 4.78 is 0. The van der Waals surface area contributed by atoms with E-state index in [1.165, 1.54) is 5.56 Å². The van der Waals surface area contributed by atoms with Crippen LogP contribution in [0.3, 0.4) is 0 Å². The van der Waals surface area contributed by atoms with Gasteiger partial charge in [-0.3, -0.25) is 4.90 Å². The standard InChI is InChI=1S/C13H21N3O/c1-9(10-2-4-11(14)5-3-10)13(15)16-7-6-12(17)8-16/h2-5,9,12-13,17H,6-8,14-15H2,1H3/t9-,12-,13?/m0/s1. The summed E-state index contributed by atoms with van der Waals surface area (Å²) in [5, 5.41) is 9.52. The summed E-state index contributed by atoms with van der Waals surface area (Å²) in [6.07, 6.45) is 0.553. The predicted molar refractivity (Wildman–Crippen MR) is 69.4 cm³/mol. The average molecular weight is 235 g/mol. The fourth-order valence-electron chi connectivity index (χ4n) is 2.35. The van der Waals surface area contributed by atoms with Crippen LogP contribution in [-0.4, -0.2) is 35.4 Å². The Morgan fingerprint density at radius 2 is 2.00 bits per heavy atom. The number of β-amino-alcohol motifs (C(OH)–C–C–N with tert-alkyl or cyclic N) is 1. The van der Waals surface area contributed by atoms with E-state index in [1.54, 1.807) is 0 Å². The van der Waals surface area contributed by atoms with Gasteiger partial charge in [-0.2, -0.15) is 0 Å². The Balaban J connectivity index is 2.04. The van der Waals surface area contributed by atoms with Gasteiger partial charge in [0, 0.05) is 24.7 Å². The van der Waals surface area contributed by atoms with Crippen molar-refractivity contribution in [3.05, 3.63) is 29.8 Å². The van der Waals surface area contributed by atoms with Crippen molar-refractivity contribution in [3.63, 3.8) is 0 Å². The molecular weight excluding hydrogens is 214 g/mol. The van der Waals surface area contributed by atoms with E-state index >= 15 is 0 Å². The zero-order valence-corrected chi connectivity index (χ0v) is 10.2. The molecular formula is C13H21N3O. The number of benzene rings is 1. The smallest absolute Gasteiger partial charge is 0.0679 e. The lowest BCUT2D eigenvalue weighted by molar-refractivity contribution is 0.152. The Hall–Kier alpha value is -1.10. The second kappa shape index (κ2) is 5.04. The molecule has 1 unspecified atom stereocenters. The minimum absolute atomic E-state index is 0.0456. The molecule has 1 heterocycles. The van der Waals surface area contributed by atoms with E-state index in [2.05, 4.69) is 11.8 Å². The van der Waals surface area contributed by atoms with Gasteiger partial charge in [0.15, 0.2) is 0 Å². The lowest BCUT2D eigenvalue weighted by atomic mass is 9.97. The molecule has 1 aromatic rings. The molecule has 2 rings (SSSR count). The molecule has 17 heavy (non-hydrogen) atoms. The third-order valence-electron chi connectivity index (χ3n) is 3.59. The van der Waals surface area contributed by atoms with Gasteiger partial charge in [-0.1, -0.05) is 19.1 Å². The molecule has 3 atom stereocenters. The van der Waals surface area contributed by atoms with Crippen LogP contribution < -0.4 is 11.5 Å². The zero-order chi connectivity index (χ0) is 12.4. The summed E-state index contributed by atoms with van der Waals surface area (Å²) in [7, 11) is 0. The Bertz CT molecular complexity index is 365. The van der Waals surface area contributed by atoms with Crippen LogP contribution in [-0.2, 0) is 0 Å². The lowest BCUT2D eigenvalue weighted by Gasteiger charge is -2.29. The molecule has 5 N–H and O–H groups in total. The van der Waals surface area contributed by atoms with Crippen LogP contribution in [0.1, 0.15) is 24.8 Å². The zero-order valence-electron chi connectivity index (χ0n) is 10.2. The predicted octanol–water partition coefficient (Wildman–Crippen LogP) is 0.724. The summed E-state index contributed by atoms with van der Waals surface area (Å²) in [6, 6.07) is 7.84. The first-order valence-corrected chi connectivity index (χ1v) is 6.11. The molecule has 4 nitrogen and oxygen atoms in total. The van der Waals surface area contributed by atoms with E-state index in [-0.39, 0.29) is 18.2 Å². The fourth-order valence-corrected chi connectivity index (χ4v) is 2.35. The largest absolute Gasteiger partial charge is 0.399 e. The third-order valence-corrected chi connectivity index (χ3v) is 3.59. The van der Waals surface area contributed by atoms with Gasteiger partial charge in [-0.15, -0.1) is 0 Å². The monoisotopic (exact) mass is 235 g/mol. The van der Waals surface area contributed by atoms with Gasteiger partial charge in [-0.25, -0.2) is 0 Å². The van der Waals surface area contributed by atoms with Crippen molar-refractivity contribution in [1.82, 2.24) is 4.90 Å². The molecule has 0 spiro atoms. The van der Waals surface area contributed by atoms with E-state index in [9.17, 15) is 5.11 Å². The Labute approximate surface area is 102 Å². The molecule has 1 aliphatic heterocycles. The van der Waals surface area contributed by atoms with Crippen molar-refractivity contribution in [2.75, 3.05) is 18.8 Å². The fraction of sp³-hybridized carbons (Fsp3) is 0.538. The summed E-state index contributed by atoms with van der Waals surface area (Å²) in [5.41, 5.74) is 13.9. The molecule has 94 valence electrons.